The lowest BCUT2D eigenvalue weighted by Crippen LogP contribution is -2.28. The van der Waals surface area contributed by atoms with E-state index in [1.165, 1.54) is 25.7 Å². The molecule has 118 valence electrons. The van der Waals surface area contributed by atoms with Crippen molar-refractivity contribution in [1.29, 1.82) is 0 Å². The number of nitrogens with one attached hydrogen (secondary N) is 1. The van der Waals surface area contributed by atoms with Crippen LogP contribution in [0.25, 0.3) is 0 Å². The van der Waals surface area contributed by atoms with E-state index in [1.54, 1.807) is 11.8 Å². The monoisotopic (exact) mass is 299 g/mol. The molecule has 1 saturated heterocycles. The Morgan fingerprint density at radius 2 is 2.05 bits per heavy atom. The van der Waals surface area contributed by atoms with Crippen LogP contribution in [0.5, 0.6) is 0 Å². The molecule has 22 heavy (non-hydrogen) atoms. The van der Waals surface area contributed by atoms with Crippen LogP contribution in [-0.2, 0) is 0 Å². The molecule has 0 saturated carbocycles. The summed E-state index contributed by atoms with van der Waals surface area (Å²) in [5.74, 6) is 0.0661. The smallest absolute Gasteiger partial charge is 0.272 e. The SMILES string of the molecule is O=C(c1ccc(NCCC2=CCCCC2)cn1)N1CCCC1. The van der Waals surface area contributed by atoms with Crippen molar-refractivity contribution in [3.8, 4) is 0 Å². The maximum absolute atomic E-state index is 12.2. The van der Waals surface area contributed by atoms with E-state index >= 15 is 0 Å². The number of carbonyl (C=O) groups excluding carboxylic acids is 1. The van der Waals surface area contributed by atoms with Gasteiger partial charge < -0.3 is 10.2 Å². The fraction of sp³-hybridized carbons (Fsp3) is 0.556. The second-order valence-electron chi connectivity index (χ2n) is 6.22. The number of likely N-dealkylation sites (tertiary alicyclic amines) is 1. The van der Waals surface area contributed by atoms with Crippen LogP contribution in [-0.4, -0.2) is 35.4 Å². The Labute approximate surface area is 132 Å². The fourth-order valence-corrected chi connectivity index (χ4v) is 3.21. The van der Waals surface area contributed by atoms with Crippen molar-refractivity contribution < 1.29 is 4.79 Å². The molecule has 1 aromatic heterocycles. The number of aromatic nitrogens is 1. The summed E-state index contributed by atoms with van der Waals surface area (Å²) in [6, 6.07) is 3.80. The number of carbonyl (C=O) groups is 1. The molecule has 1 aliphatic heterocycles. The predicted octanol–water partition coefficient (Wildman–Crippen LogP) is 3.62. The summed E-state index contributed by atoms with van der Waals surface area (Å²) in [5, 5.41) is 3.40. The highest BCUT2D eigenvalue weighted by Gasteiger charge is 2.20. The summed E-state index contributed by atoms with van der Waals surface area (Å²) in [6.07, 6.45) is 12.7. The maximum Gasteiger partial charge on any atom is 0.272 e. The molecule has 1 aliphatic carbocycles. The molecule has 1 fully saturated rings. The summed E-state index contributed by atoms with van der Waals surface area (Å²) >= 11 is 0. The van der Waals surface area contributed by atoms with Gasteiger partial charge >= 0.3 is 0 Å². The standard InChI is InChI=1S/C18H25N3O/c22-18(21-12-4-5-13-21)17-9-8-16(14-20-17)19-11-10-15-6-2-1-3-7-15/h6,8-9,14,19H,1-5,7,10-13H2. The molecule has 0 unspecified atom stereocenters. The van der Waals surface area contributed by atoms with Crippen molar-refractivity contribution in [1.82, 2.24) is 9.88 Å². The zero-order valence-corrected chi connectivity index (χ0v) is 13.2. The highest BCUT2D eigenvalue weighted by Crippen LogP contribution is 2.20. The van der Waals surface area contributed by atoms with Gasteiger partial charge in [-0.25, -0.2) is 4.98 Å². The molecule has 2 aliphatic rings. The Kier molecular flexibility index (Phi) is 5.09. The molecule has 2 heterocycles. The molecule has 0 atom stereocenters. The molecule has 0 aromatic carbocycles. The van der Waals surface area contributed by atoms with Gasteiger partial charge in [-0.05, 0) is 57.1 Å². The van der Waals surface area contributed by atoms with Crippen molar-refractivity contribution in [3.05, 3.63) is 35.7 Å². The Hall–Kier alpha value is -1.84. The molecule has 0 bridgehead atoms. The van der Waals surface area contributed by atoms with Gasteiger partial charge in [-0.15, -0.1) is 0 Å². The zero-order chi connectivity index (χ0) is 15.2. The number of pyridine rings is 1. The molecule has 4 nitrogen and oxygen atoms in total. The first-order valence-corrected chi connectivity index (χ1v) is 8.50. The Morgan fingerprint density at radius 1 is 1.18 bits per heavy atom. The lowest BCUT2D eigenvalue weighted by molar-refractivity contribution is 0.0787. The number of amides is 1. The minimum Gasteiger partial charge on any atom is -0.383 e. The molecule has 0 spiro atoms. The normalized spacial score (nSPS) is 18.2. The molecule has 0 radical (unpaired) electrons. The number of hydrogen-bond acceptors (Lipinski definition) is 3. The minimum atomic E-state index is 0.0661. The van der Waals surface area contributed by atoms with Crippen LogP contribution in [0.2, 0.25) is 0 Å². The van der Waals surface area contributed by atoms with E-state index in [-0.39, 0.29) is 5.91 Å². The van der Waals surface area contributed by atoms with Gasteiger partial charge in [-0.1, -0.05) is 11.6 Å². The Bertz CT molecular complexity index is 530. The van der Waals surface area contributed by atoms with Gasteiger partial charge in [0, 0.05) is 19.6 Å². The third-order valence-corrected chi connectivity index (χ3v) is 4.54. The van der Waals surface area contributed by atoms with E-state index in [9.17, 15) is 4.79 Å². The molecule has 4 heteroatoms. The van der Waals surface area contributed by atoms with Crippen molar-refractivity contribution in [2.75, 3.05) is 25.0 Å². The zero-order valence-electron chi connectivity index (χ0n) is 13.2. The summed E-state index contributed by atoms with van der Waals surface area (Å²) < 4.78 is 0. The summed E-state index contributed by atoms with van der Waals surface area (Å²) in [7, 11) is 0. The highest BCUT2D eigenvalue weighted by molar-refractivity contribution is 5.92. The van der Waals surface area contributed by atoms with Crippen LogP contribution >= 0.6 is 0 Å². The number of allylic oxidation sites excluding steroid dienone is 1. The number of rotatable bonds is 5. The largest absolute Gasteiger partial charge is 0.383 e. The van der Waals surface area contributed by atoms with Gasteiger partial charge in [0.15, 0.2) is 0 Å². The van der Waals surface area contributed by atoms with Crippen LogP contribution < -0.4 is 5.32 Å². The van der Waals surface area contributed by atoms with E-state index in [1.807, 2.05) is 17.0 Å². The van der Waals surface area contributed by atoms with Crippen molar-refractivity contribution in [3.63, 3.8) is 0 Å². The quantitative estimate of drug-likeness (QED) is 0.845. The van der Waals surface area contributed by atoms with E-state index in [0.717, 1.165) is 44.6 Å². The van der Waals surface area contributed by atoms with Gasteiger partial charge in [-0.3, -0.25) is 4.79 Å². The average molecular weight is 299 g/mol. The molecule has 1 aromatic rings. The van der Waals surface area contributed by atoms with Crippen LogP contribution in [0, 0.1) is 0 Å². The minimum absolute atomic E-state index is 0.0661. The Balaban J connectivity index is 1.48. The van der Waals surface area contributed by atoms with Crippen molar-refractivity contribution in [2.24, 2.45) is 0 Å². The molecular weight excluding hydrogens is 274 g/mol. The van der Waals surface area contributed by atoms with Crippen molar-refractivity contribution in [2.45, 2.75) is 44.9 Å². The molecule has 1 N–H and O–H groups in total. The second kappa shape index (κ2) is 7.43. The van der Waals surface area contributed by atoms with E-state index in [4.69, 9.17) is 0 Å². The van der Waals surface area contributed by atoms with Gasteiger partial charge in [0.05, 0.1) is 11.9 Å². The van der Waals surface area contributed by atoms with Gasteiger partial charge in [-0.2, -0.15) is 0 Å². The van der Waals surface area contributed by atoms with Crippen LogP contribution in [0.15, 0.2) is 30.0 Å². The first-order chi connectivity index (χ1) is 10.8. The van der Waals surface area contributed by atoms with Crippen LogP contribution in [0.4, 0.5) is 5.69 Å². The number of anilines is 1. The molecular formula is C18H25N3O. The van der Waals surface area contributed by atoms with Crippen molar-refractivity contribution >= 4 is 11.6 Å². The predicted molar refractivity (Wildman–Crippen MR) is 89.0 cm³/mol. The second-order valence-corrected chi connectivity index (χ2v) is 6.22. The van der Waals surface area contributed by atoms with Gasteiger partial charge in [0.1, 0.15) is 5.69 Å². The third kappa shape index (κ3) is 3.87. The molecule has 3 rings (SSSR count). The Morgan fingerprint density at radius 3 is 2.73 bits per heavy atom. The average Bonchev–Trinajstić information content (AvgIpc) is 3.10. The number of nitrogens with zero attached hydrogens (tertiary/aromatic N) is 2. The van der Waals surface area contributed by atoms with E-state index in [0.29, 0.717) is 5.69 Å². The van der Waals surface area contributed by atoms with E-state index in [2.05, 4.69) is 16.4 Å². The third-order valence-electron chi connectivity index (χ3n) is 4.54. The van der Waals surface area contributed by atoms with Crippen LogP contribution in [0.1, 0.15) is 55.4 Å². The lowest BCUT2D eigenvalue weighted by atomic mass is 9.97. The van der Waals surface area contributed by atoms with E-state index < -0.39 is 0 Å². The topological polar surface area (TPSA) is 45.2 Å². The first kappa shape index (κ1) is 15.1. The summed E-state index contributed by atoms with van der Waals surface area (Å²) in [5.41, 5.74) is 3.13. The number of hydrogen-bond donors (Lipinski definition) is 1. The highest BCUT2D eigenvalue weighted by atomic mass is 16.2. The first-order valence-electron chi connectivity index (χ1n) is 8.50. The fourth-order valence-electron chi connectivity index (χ4n) is 3.21. The maximum atomic E-state index is 12.2. The van der Waals surface area contributed by atoms with Crippen LogP contribution in [0.3, 0.4) is 0 Å². The summed E-state index contributed by atoms with van der Waals surface area (Å²) in [6.45, 7) is 2.68. The molecule has 1 amide bonds. The summed E-state index contributed by atoms with van der Waals surface area (Å²) in [4.78, 5) is 18.4. The van der Waals surface area contributed by atoms with Gasteiger partial charge in [0.2, 0.25) is 0 Å². The lowest BCUT2D eigenvalue weighted by Gasteiger charge is -2.15. The van der Waals surface area contributed by atoms with Gasteiger partial charge in [0.25, 0.3) is 5.91 Å².